The summed E-state index contributed by atoms with van der Waals surface area (Å²) >= 11 is 0. The molecular weight excluding hydrogens is 426 g/mol. The van der Waals surface area contributed by atoms with E-state index in [0.717, 1.165) is 82.6 Å². The van der Waals surface area contributed by atoms with Crippen LogP contribution in [0.5, 0.6) is 0 Å². The van der Waals surface area contributed by atoms with Crippen LogP contribution in [-0.4, -0.2) is 59.0 Å². The van der Waals surface area contributed by atoms with E-state index in [1.54, 1.807) is 0 Å². The van der Waals surface area contributed by atoms with Gasteiger partial charge in [0, 0.05) is 78.4 Å². The lowest BCUT2D eigenvalue weighted by atomic mass is 9.93. The number of rotatable bonds is 3. The van der Waals surface area contributed by atoms with Crippen molar-refractivity contribution in [3.63, 3.8) is 0 Å². The number of aryl methyl sites for hydroxylation is 1. The number of para-hydroxylation sites is 1. The van der Waals surface area contributed by atoms with Crippen LogP contribution >= 0.6 is 0 Å². The molecule has 7 nitrogen and oxygen atoms in total. The number of aromatic nitrogens is 2. The van der Waals surface area contributed by atoms with E-state index in [9.17, 15) is 9.59 Å². The van der Waals surface area contributed by atoms with Crippen LogP contribution in [0.3, 0.4) is 0 Å². The average molecular weight is 452 g/mol. The third-order valence-corrected chi connectivity index (χ3v) is 7.57. The molecule has 170 valence electrons. The number of H-pyrrole nitrogens is 1. The van der Waals surface area contributed by atoms with Crippen LogP contribution < -0.4 is 10.6 Å². The third kappa shape index (κ3) is 2.65. The Bertz CT molecular complexity index is 1670. The largest absolute Gasteiger partial charge is 0.354 e. The maximum absolute atomic E-state index is 13.1. The van der Waals surface area contributed by atoms with Gasteiger partial charge in [0.25, 0.3) is 11.8 Å². The molecule has 2 aromatic heterocycles. The van der Waals surface area contributed by atoms with Gasteiger partial charge in [-0.25, -0.2) is 0 Å². The number of hydrogen-bond acceptors (Lipinski definition) is 4. The number of carbonyl (C=O) groups is 2. The molecular formula is C27H25N5O2. The Morgan fingerprint density at radius 3 is 2.47 bits per heavy atom. The van der Waals surface area contributed by atoms with Crippen molar-refractivity contribution in [1.29, 1.82) is 0 Å². The SMILES string of the molecule is Cn1ccc2ccc3c4[nH]c5c(CCN6CCNCC6)cccc5c4c4c(c3c21)C(=O)NC4=O. The first-order valence-electron chi connectivity index (χ1n) is 11.9. The molecule has 0 atom stereocenters. The molecule has 5 aromatic rings. The normalized spacial score (nSPS) is 16.9. The number of imide groups is 1. The molecule has 0 spiro atoms. The lowest BCUT2D eigenvalue weighted by molar-refractivity contribution is 0.0880. The number of nitrogens with zero attached hydrogens (tertiary/aromatic N) is 2. The van der Waals surface area contributed by atoms with Gasteiger partial charge in [-0.2, -0.15) is 0 Å². The minimum Gasteiger partial charge on any atom is -0.354 e. The van der Waals surface area contributed by atoms with E-state index in [4.69, 9.17) is 0 Å². The first-order valence-corrected chi connectivity index (χ1v) is 11.9. The van der Waals surface area contributed by atoms with Crippen molar-refractivity contribution in [2.24, 2.45) is 7.05 Å². The van der Waals surface area contributed by atoms with Gasteiger partial charge in [-0.15, -0.1) is 0 Å². The van der Waals surface area contributed by atoms with Crippen LogP contribution in [0.2, 0.25) is 0 Å². The first kappa shape index (κ1) is 19.8. The van der Waals surface area contributed by atoms with Crippen LogP contribution in [0.1, 0.15) is 26.3 Å². The topological polar surface area (TPSA) is 82.2 Å². The molecule has 3 N–H and O–H groups in total. The van der Waals surface area contributed by atoms with Crippen LogP contribution in [0.25, 0.3) is 43.5 Å². The summed E-state index contributed by atoms with van der Waals surface area (Å²) in [5.41, 5.74) is 5.17. The van der Waals surface area contributed by atoms with Crippen LogP contribution in [0.15, 0.2) is 42.6 Å². The zero-order chi connectivity index (χ0) is 23.0. The molecule has 4 heterocycles. The Kier molecular flexibility index (Phi) is 4.16. The molecule has 2 aliphatic rings. The second-order valence-corrected chi connectivity index (χ2v) is 9.44. The van der Waals surface area contributed by atoms with Crippen molar-refractivity contribution in [2.45, 2.75) is 6.42 Å². The molecule has 0 unspecified atom stereocenters. The van der Waals surface area contributed by atoms with Gasteiger partial charge in [-0.3, -0.25) is 14.9 Å². The Balaban J connectivity index is 1.53. The van der Waals surface area contributed by atoms with E-state index in [0.29, 0.717) is 11.1 Å². The smallest absolute Gasteiger partial charge is 0.259 e. The van der Waals surface area contributed by atoms with Gasteiger partial charge in [-0.05, 0) is 18.1 Å². The van der Waals surface area contributed by atoms with Crippen molar-refractivity contribution in [3.8, 4) is 0 Å². The summed E-state index contributed by atoms with van der Waals surface area (Å²) in [5, 5.41) is 10.7. The summed E-state index contributed by atoms with van der Waals surface area (Å²) in [6.07, 6.45) is 2.92. The third-order valence-electron chi connectivity index (χ3n) is 7.57. The van der Waals surface area contributed by atoms with Crippen LogP contribution in [0.4, 0.5) is 0 Å². The monoisotopic (exact) mass is 451 g/mol. The standard InChI is InChI=1S/C27H25N5O2/c1-31-11-7-16-5-6-18-20(25(16)31)22-21(26(33)30-27(22)34)19-17-4-2-3-15(23(17)29-24(18)19)8-12-32-13-9-28-10-14-32/h2-7,11,28-29H,8-10,12-14H2,1H3,(H,30,33,34). The number of benzene rings is 3. The minimum absolute atomic E-state index is 0.315. The second kappa shape index (κ2) is 7.16. The summed E-state index contributed by atoms with van der Waals surface area (Å²) < 4.78 is 2.03. The number of amides is 2. The molecule has 0 saturated carbocycles. The lowest BCUT2D eigenvalue weighted by Gasteiger charge is -2.27. The first-order chi connectivity index (χ1) is 16.6. The van der Waals surface area contributed by atoms with E-state index >= 15 is 0 Å². The predicted octanol–water partition coefficient (Wildman–Crippen LogP) is 3.30. The molecule has 0 bridgehead atoms. The van der Waals surface area contributed by atoms with Crippen molar-refractivity contribution in [3.05, 3.63) is 59.3 Å². The summed E-state index contributed by atoms with van der Waals surface area (Å²) in [5.74, 6) is -0.630. The van der Waals surface area contributed by atoms with E-state index in [1.807, 2.05) is 23.9 Å². The van der Waals surface area contributed by atoms with Crippen molar-refractivity contribution >= 4 is 55.3 Å². The van der Waals surface area contributed by atoms with Crippen molar-refractivity contribution in [2.75, 3.05) is 32.7 Å². The number of piperazine rings is 1. The fourth-order valence-electron chi connectivity index (χ4n) is 5.94. The predicted molar refractivity (Wildman–Crippen MR) is 135 cm³/mol. The van der Waals surface area contributed by atoms with Crippen molar-refractivity contribution in [1.82, 2.24) is 25.1 Å². The fourth-order valence-corrected chi connectivity index (χ4v) is 5.94. The Hall–Kier alpha value is -3.68. The summed E-state index contributed by atoms with van der Waals surface area (Å²) in [6, 6.07) is 12.5. The van der Waals surface area contributed by atoms with Gasteiger partial charge in [0.15, 0.2) is 0 Å². The molecule has 7 heteroatoms. The Morgan fingerprint density at radius 2 is 1.65 bits per heavy atom. The van der Waals surface area contributed by atoms with E-state index < -0.39 is 0 Å². The van der Waals surface area contributed by atoms with Crippen LogP contribution in [0, 0.1) is 0 Å². The average Bonchev–Trinajstić information content (AvgIpc) is 3.51. The molecule has 2 amide bonds. The highest BCUT2D eigenvalue weighted by molar-refractivity contribution is 6.39. The van der Waals surface area contributed by atoms with E-state index in [-0.39, 0.29) is 11.8 Å². The highest BCUT2D eigenvalue weighted by Gasteiger charge is 2.34. The molecule has 34 heavy (non-hydrogen) atoms. The molecule has 0 radical (unpaired) electrons. The van der Waals surface area contributed by atoms with Gasteiger partial charge in [0.05, 0.1) is 22.2 Å². The van der Waals surface area contributed by atoms with Crippen molar-refractivity contribution < 1.29 is 9.59 Å². The molecule has 1 saturated heterocycles. The Morgan fingerprint density at radius 1 is 0.882 bits per heavy atom. The van der Waals surface area contributed by atoms with E-state index in [2.05, 4.69) is 50.8 Å². The number of fused-ring (bicyclic) bond motifs is 10. The summed E-state index contributed by atoms with van der Waals surface area (Å²) in [7, 11) is 1.98. The number of nitrogens with one attached hydrogen (secondary N) is 3. The maximum atomic E-state index is 13.1. The zero-order valence-electron chi connectivity index (χ0n) is 19.0. The number of aromatic amines is 1. The molecule has 0 aliphatic carbocycles. The Labute approximate surface area is 195 Å². The molecule has 1 fully saturated rings. The number of hydrogen-bond donors (Lipinski definition) is 3. The lowest BCUT2D eigenvalue weighted by Crippen LogP contribution is -2.44. The van der Waals surface area contributed by atoms with Gasteiger partial charge in [0.2, 0.25) is 0 Å². The highest BCUT2D eigenvalue weighted by atomic mass is 16.2. The second-order valence-electron chi connectivity index (χ2n) is 9.44. The summed E-state index contributed by atoms with van der Waals surface area (Å²) in [6.45, 7) is 5.19. The zero-order valence-corrected chi connectivity index (χ0v) is 19.0. The van der Waals surface area contributed by atoms with Gasteiger partial charge in [0.1, 0.15) is 0 Å². The van der Waals surface area contributed by atoms with E-state index in [1.165, 1.54) is 5.56 Å². The molecule has 7 rings (SSSR count). The number of carbonyl (C=O) groups excluding carboxylic acids is 2. The minimum atomic E-state index is -0.315. The van der Waals surface area contributed by atoms with Gasteiger partial charge >= 0.3 is 0 Å². The van der Waals surface area contributed by atoms with Gasteiger partial charge in [-0.1, -0.05) is 30.3 Å². The maximum Gasteiger partial charge on any atom is 0.259 e. The summed E-state index contributed by atoms with van der Waals surface area (Å²) in [4.78, 5) is 32.3. The van der Waals surface area contributed by atoms with Gasteiger partial charge < -0.3 is 19.8 Å². The molecule has 2 aliphatic heterocycles. The highest BCUT2D eigenvalue weighted by Crippen LogP contribution is 2.42. The molecule has 3 aromatic carbocycles. The fraction of sp³-hybridized carbons (Fsp3) is 0.259. The quantitative estimate of drug-likeness (QED) is 0.368. The van der Waals surface area contributed by atoms with Crippen LogP contribution in [-0.2, 0) is 13.5 Å².